The Bertz CT molecular complexity index is 621. The maximum absolute atomic E-state index is 12.3. The van der Waals surface area contributed by atoms with Gasteiger partial charge in [-0.15, -0.1) is 0 Å². The van der Waals surface area contributed by atoms with E-state index in [1.165, 1.54) is 32.1 Å². The summed E-state index contributed by atoms with van der Waals surface area (Å²) in [4.78, 5) is 13.2. The highest BCUT2D eigenvalue weighted by Crippen LogP contribution is 2.65. The number of carbonyl (C=O) groups excluding carboxylic acids is 1. The molecule has 5 aliphatic rings. The SMILES string of the molecule is O=C1C=C(c2ccccc2)SC2(O1)C1CC3CC(C1)CC2C3. The summed E-state index contributed by atoms with van der Waals surface area (Å²) in [5.74, 6) is 2.76. The van der Waals surface area contributed by atoms with Crippen LogP contribution in [0.15, 0.2) is 36.4 Å². The van der Waals surface area contributed by atoms with E-state index in [9.17, 15) is 4.79 Å². The molecule has 1 aliphatic heterocycles. The summed E-state index contributed by atoms with van der Waals surface area (Å²) in [5, 5.41) is 0. The van der Waals surface area contributed by atoms with Crippen LogP contribution in [0, 0.1) is 23.7 Å². The maximum atomic E-state index is 12.3. The first-order valence-electron chi connectivity index (χ1n) is 8.42. The Morgan fingerprint density at radius 3 is 2.23 bits per heavy atom. The smallest absolute Gasteiger partial charge is 0.333 e. The molecule has 114 valence electrons. The molecule has 1 aromatic rings. The van der Waals surface area contributed by atoms with Crippen LogP contribution in [-0.2, 0) is 9.53 Å². The second-order valence-corrected chi connectivity index (χ2v) is 8.71. The average molecular weight is 312 g/mol. The van der Waals surface area contributed by atoms with Gasteiger partial charge in [0.1, 0.15) is 0 Å². The van der Waals surface area contributed by atoms with E-state index in [1.54, 1.807) is 6.08 Å². The van der Waals surface area contributed by atoms with Crippen molar-refractivity contribution < 1.29 is 9.53 Å². The fourth-order valence-electron chi connectivity index (χ4n) is 5.43. The predicted molar refractivity (Wildman–Crippen MR) is 87.9 cm³/mol. The van der Waals surface area contributed by atoms with Crippen molar-refractivity contribution >= 4 is 22.6 Å². The topological polar surface area (TPSA) is 26.3 Å². The Morgan fingerprint density at radius 2 is 1.59 bits per heavy atom. The molecule has 3 heteroatoms. The van der Waals surface area contributed by atoms with Gasteiger partial charge < -0.3 is 4.74 Å². The van der Waals surface area contributed by atoms with E-state index in [0.717, 1.165) is 22.3 Å². The van der Waals surface area contributed by atoms with Crippen LogP contribution in [0.2, 0.25) is 0 Å². The molecule has 22 heavy (non-hydrogen) atoms. The molecule has 1 spiro atoms. The third kappa shape index (κ3) is 1.84. The average Bonchev–Trinajstić information content (AvgIpc) is 2.52. The van der Waals surface area contributed by atoms with Gasteiger partial charge in [0.15, 0.2) is 4.93 Å². The van der Waals surface area contributed by atoms with E-state index in [0.29, 0.717) is 11.8 Å². The minimum atomic E-state index is -0.273. The van der Waals surface area contributed by atoms with E-state index < -0.39 is 0 Å². The largest absolute Gasteiger partial charge is 0.444 e. The third-order valence-corrected chi connectivity index (χ3v) is 7.76. The Hall–Kier alpha value is -1.22. The highest BCUT2D eigenvalue weighted by molar-refractivity contribution is 8.09. The first-order valence-corrected chi connectivity index (χ1v) is 9.23. The number of rotatable bonds is 1. The fourth-order valence-corrected chi connectivity index (χ4v) is 7.03. The number of hydrogen-bond donors (Lipinski definition) is 0. The zero-order chi connectivity index (χ0) is 14.7. The molecule has 4 aliphatic carbocycles. The van der Waals surface area contributed by atoms with Crippen LogP contribution in [0.4, 0.5) is 0 Å². The van der Waals surface area contributed by atoms with Crippen LogP contribution >= 0.6 is 11.8 Å². The lowest BCUT2D eigenvalue weighted by Gasteiger charge is -2.60. The summed E-state index contributed by atoms with van der Waals surface area (Å²) >= 11 is 1.84. The Kier molecular flexibility index (Phi) is 2.79. The van der Waals surface area contributed by atoms with Crippen molar-refractivity contribution in [2.75, 3.05) is 0 Å². The molecule has 2 nitrogen and oxygen atoms in total. The number of benzene rings is 1. The fraction of sp³-hybridized carbons (Fsp3) is 0.526. The number of ether oxygens (including phenoxy) is 1. The standard InChI is InChI=1S/C19H20O2S/c20-18-11-17(14-4-2-1-3-5-14)22-19(21-18)15-7-12-6-13(9-15)10-16(19)8-12/h1-5,11-13,15-16H,6-10H2. The van der Waals surface area contributed by atoms with Gasteiger partial charge in [0.05, 0.1) is 0 Å². The molecule has 0 N–H and O–H groups in total. The summed E-state index contributed by atoms with van der Waals surface area (Å²) < 4.78 is 6.05. The lowest BCUT2D eigenvalue weighted by atomic mass is 9.54. The van der Waals surface area contributed by atoms with Crippen molar-refractivity contribution in [1.82, 2.24) is 0 Å². The van der Waals surface area contributed by atoms with Gasteiger partial charge in [0, 0.05) is 22.8 Å². The Morgan fingerprint density at radius 1 is 0.955 bits per heavy atom. The first-order chi connectivity index (χ1) is 10.7. The van der Waals surface area contributed by atoms with Gasteiger partial charge in [0.2, 0.25) is 0 Å². The lowest BCUT2D eigenvalue weighted by molar-refractivity contribution is -0.174. The van der Waals surface area contributed by atoms with Crippen molar-refractivity contribution in [3.8, 4) is 0 Å². The summed E-state index contributed by atoms with van der Waals surface area (Å²) in [5.41, 5.74) is 1.15. The second kappa shape index (κ2) is 4.64. The molecular weight excluding hydrogens is 292 g/mol. The summed E-state index contributed by atoms with van der Waals surface area (Å²) in [7, 11) is 0. The van der Waals surface area contributed by atoms with Crippen molar-refractivity contribution in [1.29, 1.82) is 0 Å². The Balaban J connectivity index is 1.54. The molecule has 0 atom stereocenters. The minimum Gasteiger partial charge on any atom is -0.444 e. The van der Waals surface area contributed by atoms with E-state index in [-0.39, 0.29) is 10.9 Å². The van der Waals surface area contributed by atoms with Crippen LogP contribution in [0.25, 0.3) is 4.91 Å². The van der Waals surface area contributed by atoms with Crippen LogP contribution in [0.3, 0.4) is 0 Å². The molecular formula is C19H20O2S. The Labute approximate surface area is 135 Å². The number of esters is 1. The summed E-state index contributed by atoms with van der Waals surface area (Å²) in [6, 6.07) is 10.3. The minimum absolute atomic E-state index is 0.134. The third-order valence-electron chi connectivity index (χ3n) is 6.11. The summed E-state index contributed by atoms with van der Waals surface area (Å²) in [6.07, 6.45) is 8.15. The van der Waals surface area contributed by atoms with Crippen LogP contribution < -0.4 is 0 Å². The maximum Gasteiger partial charge on any atom is 0.333 e. The lowest BCUT2D eigenvalue weighted by Crippen LogP contribution is -2.58. The van der Waals surface area contributed by atoms with Crippen molar-refractivity contribution in [3.63, 3.8) is 0 Å². The molecule has 1 heterocycles. The monoisotopic (exact) mass is 312 g/mol. The van der Waals surface area contributed by atoms with Gasteiger partial charge in [-0.25, -0.2) is 4.79 Å². The number of hydrogen-bond acceptors (Lipinski definition) is 3. The molecule has 0 saturated heterocycles. The number of thioether (sulfide) groups is 1. The van der Waals surface area contributed by atoms with Gasteiger partial charge in [-0.05, 0) is 49.5 Å². The number of carbonyl (C=O) groups is 1. The quantitative estimate of drug-likeness (QED) is 0.716. The van der Waals surface area contributed by atoms with Gasteiger partial charge in [-0.3, -0.25) is 0 Å². The van der Waals surface area contributed by atoms with Crippen molar-refractivity contribution in [3.05, 3.63) is 42.0 Å². The molecule has 6 rings (SSSR count). The zero-order valence-electron chi connectivity index (χ0n) is 12.5. The molecule has 0 unspecified atom stereocenters. The van der Waals surface area contributed by atoms with E-state index in [2.05, 4.69) is 12.1 Å². The van der Waals surface area contributed by atoms with Gasteiger partial charge in [-0.2, -0.15) is 0 Å². The molecule has 0 aromatic heterocycles. The van der Waals surface area contributed by atoms with E-state index in [4.69, 9.17) is 4.74 Å². The predicted octanol–water partition coefficient (Wildman–Crippen LogP) is 4.47. The zero-order valence-corrected chi connectivity index (χ0v) is 13.4. The highest BCUT2D eigenvalue weighted by Gasteiger charge is 2.61. The highest BCUT2D eigenvalue weighted by atomic mass is 32.2. The van der Waals surface area contributed by atoms with Gasteiger partial charge in [-0.1, -0.05) is 42.1 Å². The van der Waals surface area contributed by atoms with Crippen molar-refractivity contribution in [2.24, 2.45) is 23.7 Å². The molecule has 4 saturated carbocycles. The second-order valence-electron chi connectivity index (χ2n) is 7.42. The molecule has 0 amide bonds. The normalized spacial score (nSPS) is 42.4. The summed E-state index contributed by atoms with van der Waals surface area (Å²) in [6.45, 7) is 0. The molecule has 4 fully saturated rings. The van der Waals surface area contributed by atoms with E-state index in [1.807, 2.05) is 30.0 Å². The van der Waals surface area contributed by atoms with Crippen LogP contribution in [-0.4, -0.2) is 10.9 Å². The molecule has 4 bridgehead atoms. The first kappa shape index (κ1) is 13.2. The van der Waals surface area contributed by atoms with E-state index >= 15 is 0 Å². The van der Waals surface area contributed by atoms with Crippen LogP contribution in [0.1, 0.15) is 37.7 Å². The molecule has 0 radical (unpaired) electrons. The van der Waals surface area contributed by atoms with Crippen molar-refractivity contribution in [2.45, 2.75) is 37.0 Å². The van der Waals surface area contributed by atoms with Gasteiger partial charge in [0.25, 0.3) is 0 Å². The van der Waals surface area contributed by atoms with Crippen LogP contribution in [0.5, 0.6) is 0 Å². The van der Waals surface area contributed by atoms with Gasteiger partial charge >= 0.3 is 5.97 Å². The molecule has 1 aromatic carbocycles.